The predicted octanol–water partition coefficient (Wildman–Crippen LogP) is 4.09. The van der Waals surface area contributed by atoms with Crippen molar-refractivity contribution in [3.63, 3.8) is 0 Å². The van der Waals surface area contributed by atoms with E-state index in [0.717, 1.165) is 40.8 Å². The zero-order valence-corrected chi connectivity index (χ0v) is 16.9. The number of aryl methyl sites for hydroxylation is 2. The van der Waals surface area contributed by atoms with E-state index in [2.05, 4.69) is 10.3 Å². The third-order valence-corrected chi connectivity index (χ3v) is 6.11. The lowest BCUT2D eigenvalue weighted by molar-refractivity contribution is -0.120. The lowest BCUT2D eigenvalue weighted by Crippen LogP contribution is -2.31. The van der Waals surface area contributed by atoms with Crippen LogP contribution in [0, 0.1) is 13.8 Å². The summed E-state index contributed by atoms with van der Waals surface area (Å²) in [5, 5.41) is 9.56. The van der Waals surface area contributed by atoms with Crippen molar-refractivity contribution in [2.24, 2.45) is 0 Å². The van der Waals surface area contributed by atoms with Crippen molar-refractivity contribution < 1.29 is 14.1 Å². The van der Waals surface area contributed by atoms with E-state index in [1.54, 1.807) is 16.8 Å². The van der Waals surface area contributed by atoms with Gasteiger partial charge in [0.25, 0.3) is 11.8 Å². The Morgan fingerprint density at radius 3 is 2.41 bits per heavy atom. The van der Waals surface area contributed by atoms with Crippen molar-refractivity contribution in [1.29, 1.82) is 0 Å². The summed E-state index contributed by atoms with van der Waals surface area (Å²) in [4.78, 5) is 27.1. The molecule has 0 fully saturated rings. The predicted molar refractivity (Wildman–Crippen MR) is 108 cm³/mol. The van der Waals surface area contributed by atoms with Crippen LogP contribution in [0.3, 0.4) is 0 Å². The standard InChI is InChI=1S/C21H19ClN4O3/c1-11-17(12(2)29-24-11)10-25-18-9-13(7-8-16(18)19(22)23-25)26-20(27)14-5-3-4-6-15(14)21(26)28/h7-9H,3-6,10H2,1-2H3. The van der Waals surface area contributed by atoms with Gasteiger partial charge in [-0.3, -0.25) is 14.3 Å². The fourth-order valence-corrected chi connectivity index (χ4v) is 4.48. The van der Waals surface area contributed by atoms with Crippen LogP contribution in [0.4, 0.5) is 5.69 Å². The maximum Gasteiger partial charge on any atom is 0.261 e. The molecule has 0 spiro atoms. The number of fused-ring (bicyclic) bond motifs is 1. The molecule has 2 aromatic heterocycles. The van der Waals surface area contributed by atoms with E-state index in [4.69, 9.17) is 16.1 Å². The van der Waals surface area contributed by atoms with Gasteiger partial charge in [-0.2, -0.15) is 5.10 Å². The van der Waals surface area contributed by atoms with Crippen molar-refractivity contribution in [2.75, 3.05) is 4.90 Å². The lowest BCUT2D eigenvalue weighted by Gasteiger charge is -2.15. The number of hydrogen-bond acceptors (Lipinski definition) is 5. The highest BCUT2D eigenvalue weighted by Gasteiger charge is 2.39. The molecule has 0 radical (unpaired) electrons. The first kappa shape index (κ1) is 18.1. The number of rotatable bonds is 3. The van der Waals surface area contributed by atoms with E-state index in [-0.39, 0.29) is 11.8 Å². The number of imide groups is 1. The Morgan fingerprint density at radius 1 is 1.10 bits per heavy atom. The van der Waals surface area contributed by atoms with Gasteiger partial charge in [0, 0.05) is 22.1 Å². The first-order chi connectivity index (χ1) is 14.0. The average molecular weight is 411 g/mol. The van der Waals surface area contributed by atoms with Gasteiger partial charge in [-0.25, -0.2) is 4.90 Å². The number of nitrogens with zero attached hydrogens (tertiary/aromatic N) is 4. The second kappa shape index (κ2) is 6.56. The fourth-order valence-electron chi connectivity index (χ4n) is 4.23. The Kier molecular flexibility index (Phi) is 4.10. The fraction of sp³-hybridized carbons (Fsp3) is 0.333. The molecule has 0 N–H and O–H groups in total. The largest absolute Gasteiger partial charge is 0.361 e. The van der Waals surface area contributed by atoms with Crippen LogP contribution >= 0.6 is 11.6 Å². The van der Waals surface area contributed by atoms with E-state index < -0.39 is 0 Å². The second-order valence-electron chi connectivity index (χ2n) is 7.56. The Hall–Kier alpha value is -2.93. The molecule has 8 heteroatoms. The number of carbonyl (C=O) groups excluding carboxylic acids is 2. The molecule has 5 rings (SSSR count). The summed E-state index contributed by atoms with van der Waals surface area (Å²) >= 11 is 6.34. The monoisotopic (exact) mass is 410 g/mol. The maximum atomic E-state index is 12.9. The van der Waals surface area contributed by atoms with Crippen molar-refractivity contribution in [3.05, 3.63) is 51.5 Å². The third-order valence-electron chi connectivity index (χ3n) is 5.83. The molecule has 7 nitrogen and oxygen atoms in total. The minimum Gasteiger partial charge on any atom is -0.361 e. The van der Waals surface area contributed by atoms with Gasteiger partial charge in [0.05, 0.1) is 23.4 Å². The van der Waals surface area contributed by atoms with Gasteiger partial charge >= 0.3 is 0 Å². The normalized spacial score (nSPS) is 17.0. The van der Waals surface area contributed by atoms with Crippen LogP contribution in [0.2, 0.25) is 5.15 Å². The molecule has 0 saturated carbocycles. The van der Waals surface area contributed by atoms with Gasteiger partial charge in [0.2, 0.25) is 0 Å². The first-order valence-corrected chi connectivity index (χ1v) is 10.0. The molecule has 0 saturated heterocycles. The zero-order chi connectivity index (χ0) is 20.3. The van der Waals surface area contributed by atoms with Crippen LogP contribution in [0.15, 0.2) is 33.9 Å². The van der Waals surface area contributed by atoms with Crippen molar-refractivity contribution in [1.82, 2.24) is 14.9 Å². The molecule has 2 aliphatic rings. The summed E-state index contributed by atoms with van der Waals surface area (Å²) in [6, 6.07) is 5.37. The number of amides is 2. The average Bonchev–Trinajstić information content (AvgIpc) is 3.30. The number of aromatic nitrogens is 3. The first-order valence-electron chi connectivity index (χ1n) is 9.64. The van der Waals surface area contributed by atoms with E-state index in [9.17, 15) is 9.59 Å². The maximum absolute atomic E-state index is 12.9. The van der Waals surface area contributed by atoms with Crippen LogP contribution in [0.25, 0.3) is 10.9 Å². The van der Waals surface area contributed by atoms with E-state index in [0.29, 0.717) is 41.4 Å². The molecule has 3 aromatic rings. The molecule has 1 aliphatic heterocycles. The SMILES string of the molecule is Cc1noc(C)c1Cn1nc(Cl)c2ccc(N3C(=O)C4=C(CCCC4)C3=O)cc21. The Bertz CT molecular complexity index is 1170. The minimum atomic E-state index is -0.202. The van der Waals surface area contributed by atoms with Crippen LogP contribution in [-0.2, 0) is 16.1 Å². The molecule has 29 heavy (non-hydrogen) atoms. The van der Waals surface area contributed by atoms with E-state index in [1.165, 1.54) is 4.90 Å². The number of carbonyl (C=O) groups is 2. The molecule has 0 unspecified atom stereocenters. The molecule has 0 bridgehead atoms. The summed E-state index contributed by atoms with van der Waals surface area (Å²) in [5.74, 6) is 0.319. The van der Waals surface area contributed by atoms with Gasteiger partial charge < -0.3 is 4.52 Å². The van der Waals surface area contributed by atoms with Crippen molar-refractivity contribution >= 4 is 40.0 Å². The highest BCUT2D eigenvalue weighted by Crippen LogP contribution is 2.37. The number of hydrogen-bond donors (Lipinski definition) is 0. The van der Waals surface area contributed by atoms with Crippen LogP contribution < -0.4 is 4.90 Å². The highest BCUT2D eigenvalue weighted by molar-refractivity contribution is 6.35. The van der Waals surface area contributed by atoms with E-state index >= 15 is 0 Å². The summed E-state index contributed by atoms with van der Waals surface area (Å²) in [6.45, 7) is 4.17. The Balaban J connectivity index is 1.57. The second-order valence-corrected chi connectivity index (χ2v) is 7.92. The molecule has 1 aromatic carbocycles. The molecular formula is C21H19ClN4O3. The smallest absolute Gasteiger partial charge is 0.261 e. The molecule has 1 aliphatic carbocycles. The van der Waals surface area contributed by atoms with Crippen molar-refractivity contribution in [2.45, 2.75) is 46.1 Å². The molecule has 0 atom stereocenters. The van der Waals surface area contributed by atoms with E-state index in [1.807, 2.05) is 19.9 Å². The quantitative estimate of drug-likeness (QED) is 0.607. The van der Waals surface area contributed by atoms with Crippen LogP contribution in [0.5, 0.6) is 0 Å². The van der Waals surface area contributed by atoms with Gasteiger partial charge in [-0.1, -0.05) is 16.8 Å². The zero-order valence-electron chi connectivity index (χ0n) is 16.2. The Morgan fingerprint density at radius 2 is 1.79 bits per heavy atom. The number of anilines is 1. The third kappa shape index (κ3) is 2.72. The molecule has 2 amide bonds. The summed E-state index contributed by atoms with van der Waals surface area (Å²) in [5.41, 5.74) is 4.35. The molecule has 3 heterocycles. The number of halogens is 1. The molecule has 148 valence electrons. The summed E-state index contributed by atoms with van der Waals surface area (Å²) in [6.07, 6.45) is 3.25. The van der Waals surface area contributed by atoms with Gasteiger partial charge in [0.15, 0.2) is 5.15 Å². The summed E-state index contributed by atoms with van der Waals surface area (Å²) in [7, 11) is 0. The van der Waals surface area contributed by atoms with Crippen molar-refractivity contribution in [3.8, 4) is 0 Å². The Labute approximate surface area is 171 Å². The number of benzene rings is 1. The lowest BCUT2D eigenvalue weighted by atomic mass is 9.93. The minimum absolute atomic E-state index is 0.202. The summed E-state index contributed by atoms with van der Waals surface area (Å²) < 4.78 is 7.00. The van der Waals surface area contributed by atoms with Gasteiger partial charge in [-0.15, -0.1) is 0 Å². The topological polar surface area (TPSA) is 81.2 Å². The molecular weight excluding hydrogens is 392 g/mol. The van der Waals surface area contributed by atoms with Gasteiger partial charge in [0.1, 0.15) is 5.76 Å². The van der Waals surface area contributed by atoms with Crippen LogP contribution in [0.1, 0.15) is 42.7 Å². The highest BCUT2D eigenvalue weighted by atomic mass is 35.5. The van der Waals surface area contributed by atoms with Gasteiger partial charge in [-0.05, 0) is 57.7 Å². The van der Waals surface area contributed by atoms with Crippen LogP contribution in [-0.4, -0.2) is 26.8 Å².